The third-order valence-electron chi connectivity index (χ3n) is 7.04. The highest BCUT2D eigenvalue weighted by Gasteiger charge is 2.32. The summed E-state index contributed by atoms with van der Waals surface area (Å²) < 4.78 is 0. The number of amides is 3. The molecule has 0 radical (unpaired) electrons. The molecular formula is C30H43N7O6. The minimum atomic E-state index is -1.24. The van der Waals surface area contributed by atoms with Gasteiger partial charge in [0.2, 0.25) is 17.7 Å². The van der Waals surface area contributed by atoms with Gasteiger partial charge < -0.3 is 42.9 Å². The molecule has 13 nitrogen and oxygen atoms in total. The van der Waals surface area contributed by atoms with E-state index >= 15 is 0 Å². The van der Waals surface area contributed by atoms with Gasteiger partial charge in [-0.3, -0.25) is 19.8 Å². The van der Waals surface area contributed by atoms with Gasteiger partial charge in [-0.1, -0.05) is 62.7 Å². The lowest BCUT2D eigenvalue weighted by atomic mass is 9.96. The largest absolute Gasteiger partial charge is 0.508 e. The van der Waals surface area contributed by atoms with Crippen molar-refractivity contribution in [2.75, 3.05) is 6.54 Å². The molecule has 2 aromatic rings. The number of benzene rings is 2. The molecule has 13 heteroatoms. The quantitative estimate of drug-likeness (QED) is 0.0694. The summed E-state index contributed by atoms with van der Waals surface area (Å²) in [6.45, 7) is 3.90. The van der Waals surface area contributed by atoms with Crippen molar-refractivity contribution >= 4 is 29.7 Å². The molecule has 0 unspecified atom stereocenters. The Morgan fingerprint density at radius 2 is 1.47 bits per heavy atom. The van der Waals surface area contributed by atoms with Crippen LogP contribution in [0.15, 0.2) is 54.6 Å². The van der Waals surface area contributed by atoms with E-state index in [1.54, 1.807) is 43.3 Å². The lowest BCUT2D eigenvalue weighted by Gasteiger charge is -2.28. The van der Waals surface area contributed by atoms with Crippen LogP contribution in [0.2, 0.25) is 0 Å². The summed E-state index contributed by atoms with van der Waals surface area (Å²) in [6, 6.07) is 10.9. The highest BCUT2D eigenvalue weighted by atomic mass is 16.4. The zero-order valence-corrected chi connectivity index (χ0v) is 24.5. The molecule has 2 aromatic carbocycles. The predicted octanol–water partition coefficient (Wildman–Crippen LogP) is 0.353. The van der Waals surface area contributed by atoms with Crippen LogP contribution in [0.4, 0.5) is 0 Å². The normalized spacial score (nSPS) is 14.3. The Morgan fingerprint density at radius 1 is 0.860 bits per heavy atom. The van der Waals surface area contributed by atoms with E-state index in [0.29, 0.717) is 12.8 Å². The summed E-state index contributed by atoms with van der Waals surface area (Å²) in [7, 11) is 0. The molecule has 0 aliphatic rings. The fourth-order valence-corrected chi connectivity index (χ4v) is 4.32. The van der Waals surface area contributed by atoms with Gasteiger partial charge in [-0.15, -0.1) is 0 Å². The molecule has 0 fully saturated rings. The van der Waals surface area contributed by atoms with Crippen LogP contribution in [0.1, 0.15) is 44.2 Å². The molecule has 0 spiro atoms. The van der Waals surface area contributed by atoms with E-state index in [-0.39, 0.29) is 43.4 Å². The van der Waals surface area contributed by atoms with Crippen LogP contribution in [0.25, 0.3) is 0 Å². The van der Waals surface area contributed by atoms with Gasteiger partial charge in [-0.05, 0) is 48.4 Å². The molecule has 5 atom stereocenters. The number of carboxylic acids is 1. The number of carbonyl (C=O) groups excluding carboxylic acids is 3. The van der Waals surface area contributed by atoms with Crippen LogP contribution in [0.3, 0.4) is 0 Å². The monoisotopic (exact) mass is 597 g/mol. The number of nitrogens with one attached hydrogen (secondary N) is 5. The van der Waals surface area contributed by atoms with E-state index < -0.39 is 47.9 Å². The minimum absolute atomic E-state index is 0.0673. The van der Waals surface area contributed by atoms with Crippen LogP contribution < -0.4 is 32.7 Å². The van der Waals surface area contributed by atoms with Gasteiger partial charge in [0.05, 0.1) is 6.04 Å². The Morgan fingerprint density at radius 3 is 2.05 bits per heavy atom. The average Bonchev–Trinajstić information content (AvgIpc) is 2.97. The summed E-state index contributed by atoms with van der Waals surface area (Å²) in [5.41, 5.74) is 12.9. The van der Waals surface area contributed by atoms with Crippen molar-refractivity contribution in [2.45, 2.75) is 70.1 Å². The van der Waals surface area contributed by atoms with E-state index in [0.717, 1.165) is 11.1 Å². The van der Waals surface area contributed by atoms with E-state index in [4.69, 9.17) is 16.9 Å². The molecule has 11 N–H and O–H groups in total. The van der Waals surface area contributed by atoms with Gasteiger partial charge in [0.15, 0.2) is 5.96 Å². The fourth-order valence-electron chi connectivity index (χ4n) is 4.32. The fraction of sp³-hybridized carbons (Fsp3) is 0.433. The zero-order chi connectivity index (χ0) is 31.9. The number of hydrogen-bond donors (Lipinski definition) is 9. The maximum absolute atomic E-state index is 13.6. The minimum Gasteiger partial charge on any atom is -0.508 e. The van der Waals surface area contributed by atoms with Crippen LogP contribution in [0.5, 0.6) is 5.75 Å². The van der Waals surface area contributed by atoms with E-state index in [9.17, 15) is 29.4 Å². The number of phenols is 1. The molecule has 3 amide bonds. The molecule has 0 heterocycles. The summed E-state index contributed by atoms with van der Waals surface area (Å²) >= 11 is 0. The van der Waals surface area contributed by atoms with Crippen molar-refractivity contribution in [1.82, 2.24) is 21.3 Å². The SMILES string of the molecule is CC[C@H](C)[C@H](NC(=O)[C@@H](N)Cc1ccc(O)cc1)C(=O)N[C@@H](Cc1ccccc1)C(=O)N[C@@H](CCCNC(=N)N)C(=O)O. The molecule has 43 heavy (non-hydrogen) atoms. The van der Waals surface area contributed by atoms with Crippen molar-refractivity contribution in [1.29, 1.82) is 5.41 Å². The van der Waals surface area contributed by atoms with Crippen molar-refractivity contribution in [2.24, 2.45) is 17.4 Å². The molecule has 0 saturated heterocycles. The number of guanidine groups is 1. The third kappa shape index (κ3) is 12.0. The lowest BCUT2D eigenvalue weighted by molar-refractivity contribution is -0.142. The maximum Gasteiger partial charge on any atom is 0.326 e. The third-order valence-corrected chi connectivity index (χ3v) is 7.04. The Balaban J connectivity index is 2.18. The first-order chi connectivity index (χ1) is 20.4. The number of hydrogen-bond acceptors (Lipinski definition) is 7. The molecule has 0 bridgehead atoms. The Labute approximate surface area is 251 Å². The van der Waals surface area contributed by atoms with Crippen LogP contribution >= 0.6 is 0 Å². The van der Waals surface area contributed by atoms with Crippen LogP contribution in [0, 0.1) is 11.3 Å². The van der Waals surface area contributed by atoms with Crippen LogP contribution in [-0.4, -0.2) is 70.6 Å². The second kappa shape index (κ2) is 17.3. The van der Waals surface area contributed by atoms with E-state index in [1.807, 2.05) is 13.0 Å². The van der Waals surface area contributed by atoms with Gasteiger partial charge in [-0.2, -0.15) is 0 Å². The lowest BCUT2D eigenvalue weighted by Crippen LogP contribution is -2.59. The molecular weight excluding hydrogens is 554 g/mol. The molecule has 0 aliphatic heterocycles. The number of carboxylic acid groups (broad SMARTS) is 1. The van der Waals surface area contributed by atoms with Gasteiger partial charge in [-0.25, -0.2) is 4.79 Å². The zero-order valence-electron chi connectivity index (χ0n) is 24.5. The summed E-state index contributed by atoms with van der Waals surface area (Å²) in [4.78, 5) is 51.8. The average molecular weight is 598 g/mol. The van der Waals surface area contributed by atoms with Crippen molar-refractivity contribution in [3.05, 3.63) is 65.7 Å². The first-order valence-electron chi connectivity index (χ1n) is 14.2. The van der Waals surface area contributed by atoms with Gasteiger partial charge in [0, 0.05) is 13.0 Å². The topological polar surface area (TPSA) is 233 Å². The standard InChI is InChI=1S/C30H43N7O6/c1-3-18(2)25(37-26(39)22(31)16-20-11-13-21(38)14-12-20)28(41)36-24(17-19-8-5-4-6-9-19)27(40)35-23(29(42)43)10-7-15-34-30(32)33/h4-6,8-9,11-14,18,22-25,38H,3,7,10,15-17,31H2,1-2H3,(H,35,40)(H,36,41)(H,37,39)(H,42,43)(H4,32,33,34)/t18-,22-,23-,24-,25-/m0/s1. The predicted molar refractivity (Wildman–Crippen MR) is 162 cm³/mol. The maximum atomic E-state index is 13.6. The highest BCUT2D eigenvalue weighted by Crippen LogP contribution is 2.13. The first-order valence-corrected chi connectivity index (χ1v) is 14.2. The number of phenolic OH excluding ortho intramolecular Hbond substituents is 1. The second-order valence-corrected chi connectivity index (χ2v) is 10.5. The molecule has 2 rings (SSSR count). The Bertz CT molecular complexity index is 1230. The van der Waals surface area contributed by atoms with Gasteiger partial charge >= 0.3 is 5.97 Å². The Kier molecular flexibility index (Phi) is 13.9. The summed E-state index contributed by atoms with van der Waals surface area (Å²) in [5.74, 6) is -3.56. The number of aliphatic carboxylic acids is 1. The van der Waals surface area contributed by atoms with Crippen molar-refractivity contribution in [3.8, 4) is 5.75 Å². The van der Waals surface area contributed by atoms with Crippen molar-refractivity contribution in [3.63, 3.8) is 0 Å². The molecule has 0 saturated carbocycles. The smallest absolute Gasteiger partial charge is 0.326 e. The number of nitrogens with two attached hydrogens (primary N) is 2. The summed E-state index contributed by atoms with van der Waals surface area (Å²) in [5, 5.41) is 36.9. The van der Waals surface area contributed by atoms with E-state index in [2.05, 4.69) is 21.3 Å². The molecule has 0 aromatic heterocycles. The number of rotatable bonds is 17. The summed E-state index contributed by atoms with van der Waals surface area (Å²) in [6.07, 6.45) is 1.18. The Hall–Kier alpha value is -4.65. The van der Waals surface area contributed by atoms with Gasteiger partial charge in [0.1, 0.15) is 23.9 Å². The number of carbonyl (C=O) groups is 4. The molecule has 0 aliphatic carbocycles. The second-order valence-electron chi connectivity index (χ2n) is 10.5. The molecule has 234 valence electrons. The van der Waals surface area contributed by atoms with Crippen LogP contribution in [-0.2, 0) is 32.0 Å². The van der Waals surface area contributed by atoms with E-state index in [1.165, 1.54) is 12.1 Å². The number of aromatic hydroxyl groups is 1. The van der Waals surface area contributed by atoms with Gasteiger partial charge in [0.25, 0.3) is 0 Å². The first kappa shape index (κ1) is 34.6. The highest BCUT2D eigenvalue weighted by molar-refractivity contribution is 5.94. The van der Waals surface area contributed by atoms with Crippen molar-refractivity contribution < 1.29 is 29.4 Å².